The van der Waals surface area contributed by atoms with Crippen molar-refractivity contribution in [2.75, 3.05) is 20.1 Å². The highest BCUT2D eigenvalue weighted by Crippen LogP contribution is 2.15. The number of likely N-dealkylation sites (tertiary alicyclic amines) is 1. The smallest absolute Gasteiger partial charge is 0.243 e. The van der Waals surface area contributed by atoms with Gasteiger partial charge in [0.05, 0.1) is 0 Å². The highest BCUT2D eigenvalue weighted by Gasteiger charge is 2.24. The molecule has 0 aromatic carbocycles. The molecule has 1 amide bonds. The summed E-state index contributed by atoms with van der Waals surface area (Å²) in [5.41, 5.74) is 0. The van der Waals surface area contributed by atoms with Gasteiger partial charge >= 0.3 is 0 Å². The third-order valence-corrected chi connectivity index (χ3v) is 2.75. The van der Waals surface area contributed by atoms with E-state index < -0.39 is 0 Å². The topological polar surface area (TPSA) is 32.3 Å². The quantitative estimate of drug-likeness (QED) is 0.669. The molecule has 80 valence electrons. The van der Waals surface area contributed by atoms with Gasteiger partial charge in [-0.05, 0) is 38.9 Å². The van der Waals surface area contributed by atoms with Crippen LogP contribution in [0.25, 0.3) is 0 Å². The molecule has 0 aliphatic carbocycles. The molecule has 2 unspecified atom stereocenters. The third-order valence-electron chi connectivity index (χ3n) is 2.75. The Morgan fingerprint density at radius 2 is 2.29 bits per heavy atom. The average molecular weight is 196 g/mol. The second-order valence-corrected chi connectivity index (χ2v) is 4.14. The average Bonchev–Trinajstić information content (AvgIpc) is 2.10. The molecule has 0 saturated carbocycles. The molecule has 1 fully saturated rings. The molecule has 1 rings (SSSR count). The molecule has 2 atom stereocenters. The minimum atomic E-state index is 0.0360. The van der Waals surface area contributed by atoms with Crippen LogP contribution in [0, 0.1) is 5.92 Å². The van der Waals surface area contributed by atoms with Crippen LogP contribution in [0.15, 0.2) is 12.2 Å². The van der Waals surface area contributed by atoms with E-state index in [-0.39, 0.29) is 5.91 Å². The van der Waals surface area contributed by atoms with Crippen molar-refractivity contribution in [1.82, 2.24) is 10.2 Å². The van der Waals surface area contributed by atoms with Crippen molar-refractivity contribution in [2.24, 2.45) is 5.92 Å². The van der Waals surface area contributed by atoms with Crippen molar-refractivity contribution in [1.29, 1.82) is 0 Å². The van der Waals surface area contributed by atoms with Crippen LogP contribution in [0.3, 0.4) is 0 Å². The summed E-state index contributed by atoms with van der Waals surface area (Å²) in [7, 11) is 2.13. The predicted molar refractivity (Wildman–Crippen MR) is 58.0 cm³/mol. The number of rotatable bonds is 2. The Kier molecular flexibility index (Phi) is 4.14. The Balaban J connectivity index is 2.41. The molecule has 1 aliphatic heterocycles. The Hall–Kier alpha value is -0.830. The molecule has 0 spiro atoms. The zero-order valence-corrected chi connectivity index (χ0v) is 9.29. The molecule has 3 nitrogen and oxygen atoms in total. The summed E-state index contributed by atoms with van der Waals surface area (Å²) in [6.45, 7) is 6.19. The molecule has 3 heteroatoms. The Morgan fingerprint density at radius 3 is 2.86 bits per heavy atom. The van der Waals surface area contributed by atoms with E-state index in [4.69, 9.17) is 0 Å². The van der Waals surface area contributed by atoms with Crippen molar-refractivity contribution in [3.8, 4) is 0 Å². The Labute approximate surface area is 86.2 Å². The maximum absolute atomic E-state index is 11.3. The number of nitrogens with one attached hydrogen (secondary N) is 1. The van der Waals surface area contributed by atoms with Crippen LogP contribution >= 0.6 is 0 Å². The molecule has 1 saturated heterocycles. The van der Waals surface area contributed by atoms with Crippen molar-refractivity contribution >= 4 is 5.91 Å². The summed E-state index contributed by atoms with van der Waals surface area (Å²) in [5, 5.41) is 3.04. The van der Waals surface area contributed by atoms with E-state index in [1.54, 1.807) is 12.2 Å². The van der Waals surface area contributed by atoms with Gasteiger partial charge in [0.1, 0.15) is 0 Å². The first-order valence-electron chi connectivity index (χ1n) is 5.25. The van der Waals surface area contributed by atoms with Gasteiger partial charge in [-0.15, -0.1) is 0 Å². The third kappa shape index (κ3) is 3.14. The van der Waals surface area contributed by atoms with Gasteiger partial charge in [-0.1, -0.05) is 13.0 Å². The van der Waals surface area contributed by atoms with Gasteiger partial charge in [0.25, 0.3) is 0 Å². The lowest BCUT2D eigenvalue weighted by Gasteiger charge is -2.34. The molecular formula is C11H20N2O. The van der Waals surface area contributed by atoms with Crippen molar-refractivity contribution < 1.29 is 4.79 Å². The zero-order chi connectivity index (χ0) is 10.6. The van der Waals surface area contributed by atoms with Gasteiger partial charge in [0.15, 0.2) is 0 Å². The molecule has 0 bridgehead atoms. The van der Waals surface area contributed by atoms with Crippen LogP contribution < -0.4 is 5.32 Å². The minimum absolute atomic E-state index is 0.0360. The second kappa shape index (κ2) is 5.15. The molecule has 14 heavy (non-hydrogen) atoms. The van der Waals surface area contributed by atoms with E-state index in [1.807, 2.05) is 6.92 Å². The number of nitrogens with zero attached hydrogens (tertiary/aromatic N) is 1. The Bertz CT molecular complexity index is 225. The summed E-state index contributed by atoms with van der Waals surface area (Å²) in [6.07, 6.45) is 4.42. The van der Waals surface area contributed by atoms with Crippen LogP contribution in [0.1, 0.15) is 20.3 Å². The number of hydrogen-bond donors (Lipinski definition) is 1. The molecule has 0 radical (unpaired) electrons. The van der Waals surface area contributed by atoms with Crippen LogP contribution in [0.5, 0.6) is 0 Å². The van der Waals surface area contributed by atoms with E-state index in [0.29, 0.717) is 12.0 Å². The van der Waals surface area contributed by atoms with Gasteiger partial charge < -0.3 is 10.2 Å². The van der Waals surface area contributed by atoms with Gasteiger partial charge in [-0.3, -0.25) is 4.79 Å². The largest absolute Gasteiger partial charge is 0.349 e. The van der Waals surface area contributed by atoms with Crippen molar-refractivity contribution in [3.63, 3.8) is 0 Å². The molecular weight excluding hydrogens is 176 g/mol. The lowest BCUT2D eigenvalue weighted by molar-refractivity contribution is -0.117. The van der Waals surface area contributed by atoms with Gasteiger partial charge in [0, 0.05) is 12.6 Å². The maximum Gasteiger partial charge on any atom is 0.243 e. The van der Waals surface area contributed by atoms with Crippen LogP contribution in [-0.2, 0) is 4.79 Å². The predicted octanol–water partition coefficient (Wildman–Crippen LogP) is 1.02. The number of amides is 1. The van der Waals surface area contributed by atoms with Gasteiger partial charge in [-0.2, -0.15) is 0 Å². The first-order chi connectivity index (χ1) is 6.63. The van der Waals surface area contributed by atoms with Gasteiger partial charge in [0.2, 0.25) is 5.91 Å². The summed E-state index contributed by atoms with van der Waals surface area (Å²) < 4.78 is 0. The molecule has 0 aromatic rings. The standard InChI is InChI=1S/C11H20N2O/c1-4-5-11(14)12-10-6-7-13(3)8-9(10)2/h4-5,9-10H,6-8H2,1-3H3,(H,12,14)/b5-4+. The van der Waals surface area contributed by atoms with Crippen molar-refractivity contribution in [3.05, 3.63) is 12.2 Å². The SMILES string of the molecule is C/C=C/C(=O)NC1CCN(C)CC1C. The molecule has 1 aliphatic rings. The number of carbonyl (C=O) groups excluding carboxylic acids is 1. The second-order valence-electron chi connectivity index (χ2n) is 4.14. The molecule has 1 heterocycles. The van der Waals surface area contributed by atoms with E-state index in [1.165, 1.54) is 0 Å². The van der Waals surface area contributed by atoms with E-state index in [2.05, 4.69) is 24.2 Å². The fourth-order valence-corrected chi connectivity index (χ4v) is 1.95. The van der Waals surface area contributed by atoms with Crippen LogP contribution in [-0.4, -0.2) is 37.0 Å². The summed E-state index contributed by atoms with van der Waals surface area (Å²) in [6, 6.07) is 0.342. The number of hydrogen-bond acceptors (Lipinski definition) is 2. The van der Waals surface area contributed by atoms with Crippen LogP contribution in [0.2, 0.25) is 0 Å². The lowest BCUT2D eigenvalue weighted by atomic mass is 9.94. The maximum atomic E-state index is 11.3. The summed E-state index contributed by atoms with van der Waals surface area (Å²) in [4.78, 5) is 13.6. The molecule has 1 N–H and O–H groups in total. The first kappa shape index (κ1) is 11.2. The minimum Gasteiger partial charge on any atom is -0.349 e. The van der Waals surface area contributed by atoms with Gasteiger partial charge in [-0.25, -0.2) is 0 Å². The number of carbonyl (C=O) groups is 1. The zero-order valence-electron chi connectivity index (χ0n) is 9.29. The van der Waals surface area contributed by atoms with Crippen LogP contribution in [0.4, 0.5) is 0 Å². The fourth-order valence-electron chi connectivity index (χ4n) is 1.95. The summed E-state index contributed by atoms with van der Waals surface area (Å²) in [5.74, 6) is 0.580. The highest BCUT2D eigenvalue weighted by molar-refractivity contribution is 5.87. The van der Waals surface area contributed by atoms with Crippen molar-refractivity contribution in [2.45, 2.75) is 26.3 Å². The fraction of sp³-hybridized carbons (Fsp3) is 0.727. The molecule has 0 aromatic heterocycles. The monoisotopic (exact) mass is 196 g/mol. The Morgan fingerprint density at radius 1 is 1.57 bits per heavy atom. The summed E-state index contributed by atoms with van der Waals surface area (Å²) >= 11 is 0. The normalized spacial score (nSPS) is 29.4. The van der Waals surface area contributed by atoms with E-state index in [9.17, 15) is 4.79 Å². The highest BCUT2D eigenvalue weighted by atomic mass is 16.1. The van der Waals surface area contributed by atoms with E-state index in [0.717, 1.165) is 19.5 Å². The number of piperidine rings is 1. The lowest BCUT2D eigenvalue weighted by Crippen LogP contribution is -2.48. The van der Waals surface area contributed by atoms with E-state index >= 15 is 0 Å². The number of allylic oxidation sites excluding steroid dienone is 1. The first-order valence-corrected chi connectivity index (χ1v) is 5.25.